The summed E-state index contributed by atoms with van der Waals surface area (Å²) in [6, 6.07) is 45.6. The Bertz CT molecular complexity index is 6450. The van der Waals surface area contributed by atoms with Crippen LogP contribution in [0.4, 0.5) is 0 Å². The van der Waals surface area contributed by atoms with Gasteiger partial charge in [-0.2, -0.15) is 10.2 Å². The second-order valence-corrected chi connectivity index (χ2v) is 31.7. The standard InChI is InChI=1S/C35H35ClN2O8.C35H35NO9.C34H34N2O9/c1-4-5-12-38-33(27-10-9-26(43-2)18-31(27)46-20-22-7-6-8-28(36)32(22)35(41)42)25(19-37-38)15-24(34(39)40)14-23-17-30-21(11-13-45-30)16-29(23)44-3;1-4-11-42-33-18-36-17-26(13-25(35(38)39)12-24-14-31-32(45-21-44-31)16-29(24)41-3)34(33)28-10-9-27(40-2)15-30(28)43-20-23-8-6-5-7-22(23)19-37;1-4-5-12-36-32(27-11-10-25(41-2)16-29(27)43-19-21-8-6-7-9-26(21)34(39)40)24(18-35-36)14-23(33(37)38)13-22-15-30-31(45-20-44-30)17-28(22)42-3/h6-10,15-19H,4-5,11-14,20H2,1-3H3,(H,39,40)(H,41,42);5-10,13-18,37H,4,11-12,19-21H2,1-3H3,(H,38,39);6-11,14-18H,4-5,12-13,19-20H2,1-3H3,(H,37,38)(H,39,40)/b24-15+;25-13+;23-14+. The number of aromatic carboxylic acids is 2. The number of ether oxygens (including phenoxy) is 15. The maximum absolute atomic E-state index is 12.6. The first-order chi connectivity index (χ1) is 66.0. The van der Waals surface area contributed by atoms with Crippen molar-refractivity contribution >= 4 is 59.7 Å². The van der Waals surface area contributed by atoms with E-state index in [2.05, 4.69) is 29.0 Å². The Hall–Kier alpha value is -15.6. The van der Waals surface area contributed by atoms with Gasteiger partial charge in [-0.05, 0) is 121 Å². The van der Waals surface area contributed by atoms with Crippen LogP contribution in [-0.4, -0.2) is 154 Å². The number of halogens is 1. The number of aryl methyl sites for hydroxylation is 2. The molecule has 3 aliphatic rings. The molecule has 9 aromatic carbocycles. The molecule has 708 valence electrons. The highest BCUT2D eigenvalue weighted by molar-refractivity contribution is 6.33. The van der Waals surface area contributed by atoms with Gasteiger partial charge in [-0.15, -0.1) is 0 Å². The van der Waals surface area contributed by atoms with Gasteiger partial charge in [0.2, 0.25) is 13.6 Å². The summed E-state index contributed by atoms with van der Waals surface area (Å²) in [6.07, 6.45) is 16.5. The van der Waals surface area contributed by atoms with Crippen molar-refractivity contribution in [3.63, 3.8) is 0 Å². The molecule has 136 heavy (non-hydrogen) atoms. The molecule has 0 saturated heterocycles. The van der Waals surface area contributed by atoms with Gasteiger partial charge in [0.25, 0.3) is 0 Å². The van der Waals surface area contributed by atoms with Crippen molar-refractivity contribution in [2.75, 3.05) is 69.5 Å². The highest BCUT2D eigenvalue weighted by Gasteiger charge is 2.30. The van der Waals surface area contributed by atoms with Crippen molar-refractivity contribution in [1.29, 1.82) is 0 Å². The van der Waals surface area contributed by atoms with Crippen molar-refractivity contribution in [2.24, 2.45) is 0 Å². The molecule has 6 heterocycles. The number of rotatable bonds is 42. The van der Waals surface area contributed by atoms with Gasteiger partial charge in [0.05, 0.1) is 109 Å². The Morgan fingerprint density at radius 3 is 1.32 bits per heavy atom. The molecule has 0 atom stereocenters. The lowest BCUT2D eigenvalue weighted by atomic mass is 9.95. The molecule has 0 unspecified atom stereocenters. The van der Waals surface area contributed by atoms with E-state index in [1.807, 2.05) is 70.9 Å². The van der Waals surface area contributed by atoms with E-state index in [0.29, 0.717) is 185 Å². The molecule has 0 aliphatic carbocycles. The van der Waals surface area contributed by atoms with E-state index in [1.54, 1.807) is 155 Å². The first-order valence-electron chi connectivity index (χ1n) is 43.7. The average molecular weight is 1880 g/mol. The van der Waals surface area contributed by atoms with Crippen LogP contribution in [0.25, 0.3) is 51.9 Å². The van der Waals surface area contributed by atoms with E-state index in [4.69, 9.17) is 82.7 Å². The number of aliphatic carboxylic acids is 3. The van der Waals surface area contributed by atoms with E-state index < -0.39 is 29.8 Å². The second-order valence-electron chi connectivity index (χ2n) is 31.3. The van der Waals surface area contributed by atoms with Crippen LogP contribution in [0.2, 0.25) is 5.02 Å². The van der Waals surface area contributed by atoms with Crippen molar-refractivity contribution in [1.82, 2.24) is 24.5 Å². The third-order valence-corrected chi connectivity index (χ3v) is 22.8. The maximum Gasteiger partial charge on any atom is 0.337 e. The molecule has 0 spiro atoms. The predicted octanol–water partition coefficient (Wildman–Crippen LogP) is 19.1. The summed E-state index contributed by atoms with van der Waals surface area (Å²) in [5.74, 6) is 2.36. The van der Waals surface area contributed by atoms with Crippen LogP contribution in [0, 0.1) is 0 Å². The first-order valence-corrected chi connectivity index (χ1v) is 44.1. The molecule has 6 N–H and O–H groups in total. The highest BCUT2D eigenvalue weighted by Crippen LogP contribution is 2.47. The van der Waals surface area contributed by atoms with Gasteiger partial charge in [-0.1, -0.05) is 99.8 Å². The fourth-order valence-corrected chi connectivity index (χ4v) is 15.9. The van der Waals surface area contributed by atoms with Crippen molar-refractivity contribution < 1.29 is 126 Å². The molecule has 0 fully saturated rings. The smallest absolute Gasteiger partial charge is 0.337 e. The van der Waals surface area contributed by atoms with E-state index in [-0.39, 0.29) is 92.1 Å². The molecule has 0 bridgehead atoms. The zero-order valence-corrected chi connectivity index (χ0v) is 77.2. The Labute approximate surface area is 789 Å². The van der Waals surface area contributed by atoms with Gasteiger partial charge in [0, 0.05) is 164 Å². The third-order valence-electron chi connectivity index (χ3n) is 22.5. The zero-order chi connectivity index (χ0) is 96.5. The van der Waals surface area contributed by atoms with Crippen molar-refractivity contribution in [3.05, 3.63) is 277 Å². The molecule has 3 aromatic heterocycles. The van der Waals surface area contributed by atoms with Gasteiger partial charge in [-0.25, -0.2) is 24.0 Å². The fraction of sp³-hybridized carbons (Fsp3) is 0.269. The molecule has 3 aliphatic heterocycles. The predicted molar refractivity (Wildman–Crippen MR) is 506 cm³/mol. The number of unbranched alkanes of at least 4 members (excludes halogenated alkanes) is 2. The van der Waals surface area contributed by atoms with Gasteiger partial charge < -0.3 is 102 Å². The number of carbonyl (C=O) groups is 5. The second kappa shape index (κ2) is 46.6. The number of benzene rings is 9. The quantitative estimate of drug-likeness (QED) is 0.0194. The monoisotopic (exact) mass is 1870 g/mol. The largest absolute Gasteiger partial charge is 0.497 e. The Morgan fingerprint density at radius 1 is 0.412 bits per heavy atom. The number of methoxy groups -OCH3 is 6. The summed E-state index contributed by atoms with van der Waals surface area (Å²) in [7, 11) is 9.25. The molecule has 0 radical (unpaired) electrons. The minimum absolute atomic E-state index is 0.0127. The lowest BCUT2D eigenvalue weighted by molar-refractivity contribution is -0.133. The van der Waals surface area contributed by atoms with Crippen LogP contribution in [0.15, 0.2) is 199 Å². The summed E-state index contributed by atoms with van der Waals surface area (Å²) in [6.45, 7) is 8.46. The topological polar surface area (TPSA) is 394 Å². The Balaban J connectivity index is 0.000000173. The van der Waals surface area contributed by atoms with Crippen LogP contribution in [-0.2, 0) is 79.6 Å². The van der Waals surface area contributed by atoms with Crippen LogP contribution in [0.5, 0.6) is 86.2 Å². The number of carboxylic acid groups (broad SMARTS) is 5. The molecule has 15 rings (SSSR count). The molecule has 31 nitrogen and oxygen atoms in total. The molecule has 0 saturated carbocycles. The number of nitrogens with zero attached hydrogens (tertiary/aromatic N) is 5. The van der Waals surface area contributed by atoms with Crippen LogP contribution < -0.4 is 71.1 Å². The Morgan fingerprint density at radius 2 is 0.853 bits per heavy atom. The van der Waals surface area contributed by atoms with Crippen LogP contribution in [0.1, 0.15) is 135 Å². The fourth-order valence-electron chi connectivity index (χ4n) is 15.6. The molecular formula is C104H104ClN5O26. The number of aromatic nitrogens is 5. The van der Waals surface area contributed by atoms with E-state index in [0.717, 1.165) is 61.0 Å². The van der Waals surface area contributed by atoms with Crippen molar-refractivity contribution in [3.8, 4) is 120 Å². The number of carboxylic acids is 5. The summed E-state index contributed by atoms with van der Waals surface area (Å²) in [5.41, 5.74) is 11.4. The number of hydrogen-bond acceptors (Lipinski definition) is 24. The summed E-state index contributed by atoms with van der Waals surface area (Å²) < 4.78 is 89.4. The number of fused-ring (bicyclic) bond motifs is 3. The van der Waals surface area contributed by atoms with E-state index >= 15 is 0 Å². The van der Waals surface area contributed by atoms with Crippen molar-refractivity contribution in [2.45, 2.75) is 118 Å². The van der Waals surface area contributed by atoms with Gasteiger partial charge in [0.1, 0.15) is 83.1 Å². The molecule has 32 heteroatoms. The SMILES string of the molecule is CCCCn1ncc(/C=C(\Cc2cc3c(cc2OC)CCO3)C(=O)O)c1-c1ccc(OC)cc1OCc1cccc(Cl)c1C(=O)O.CCCCn1ncc(/C=C(\Cc2cc3c(cc2OC)OCO3)C(=O)O)c1-c1ccc(OC)cc1OCc1ccccc1C(=O)O.CCCOc1cncc(/C=C(\Cc2cc3c(cc2OC)OCO3)C(=O)O)c1-c1ccc(OC)cc1OCc1ccccc1CO. The average Bonchev–Trinajstić information content (AvgIpc) is 1.45. The lowest BCUT2D eigenvalue weighted by Crippen LogP contribution is -2.08. The number of pyridine rings is 1. The van der Waals surface area contributed by atoms with E-state index in [9.17, 15) is 54.6 Å². The van der Waals surface area contributed by atoms with Gasteiger partial charge >= 0.3 is 29.8 Å². The first kappa shape index (κ1) is 97.9. The highest BCUT2D eigenvalue weighted by atomic mass is 35.5. The molecule has 12 aromatic rings. The summed E-state index contributed by atoms with van der Waals surface area (Å²) in [5, 5.41) is 69.5. The number of aliphatic hydroxyl groups is 1. The number of aliphatic hydroxyl groups excluding tert-OH is 1. The summed E-state index contributed by atoms with van der Waals surface area (Å²) >= 11 is 6.20. The maximum atomic E-state index is 12.6. The van der Waals surface area contributed by atoms with E-state index in [1.165, 1.54) is 33.5 Å². The minimum atomic E-state index is -1.16. The molecule has 0 amide bonds. The van der Waals surface area contributed by atoms with Gasteiger partial charge in [-0.3, -0.25) is 14.3 Å². The Kier molecular flexibility index (Phi) is 33.6. The third kappa shape index (κ3) is 23.7. The van der Waals surface area contributed by atoms with Gasteiger partial charge in [0.15, 0.2) is 23.0 Å². The normalized spacial score (nSPS) is 12.2. The minimum Gasteiger partial charge on any atom is -0.497 e. The summed E-state index contributed by atoms with van der Waals surface area (Å²) in [4.78, 5) is 66.0. The molecular weight excluding hydrogens is 1770 g/mol. The number of hydrogen-bond donors (Lipinski definition) is 6. The van der Waals surface area contributed by atoms with Crippen LogP contribution in [0.3, 0.4) is 0 Å². The zero-order valence-electron chi connectivity index (χ0n) is 76.4. The lowest BCUT2D eigenvalue weighted by Gasteiger charge is -2.19. The van der Waals surface area contributed by atoms with Crippen LogP contribution >= 0.6 is 11.6 Å².